The fourth-order valence-electron chi connectivity index (χ4n) is 0.913. The highest BCUT2D eigenvalue weighted by atomic mass is 32.2. The predicted octanol–water partition coefficient (Wildman–Crippen LogP) is -0.0752. The molecule has 1 aromatic rings. The highest BCUT2D eigenvalue weighted by Gasteiger charge is 2.11. The van der Waals surface area contributed by atoms with E-state index in [1.807, 2.05) is 0 Å². The first-order valence-corrected chi connectivity index (χ1v) is 4.96. The van der Waals surface area contributed by atoms with E-state index in [1.54, 1.807) is 0 Å². The monoisotopic (exact) mass is 202 g/mol. The summed E-state index contributed by atoms with van der Waals surface area (Å²) in [5.41, 5.74) is 5.53. The molecule has 0 radical (unpaired) electrons. The first kappa shape index (κ1) is 9.82. The van der Waals surface area contributed by atoms with Crippen molar-refractivity contribution >= 4 is 15.7 Å². The molecule has 0 fully saturated rings. The number of primary sulfonamides is 1. The van der Waals surface area contributed by atoms with Gasteiger partial charge in [-0.3, -0.25) is 0 Å². The van der Waals surface area contributed by atoms with Crippen LogP contribution in [0.2, 0.25) is 0 Å². The van der Waals surface area contributed by atoms with Gasteiger partial charge in [-0.1, -0.05) is 0 Å². The Kier molecular flexibility index (Phi) is 2.44. The van der Waals surface area contributed by atoms with Crippen molar-refractivity contribution in [2.75, 3.05) is 12.8 Å². The summed E-state index contributed by atoms with van der Waals surface area (Å²) in [6, 6.07) is 4.19. The molecule has 13 heavy (non-hydrogen) atoms. The fourth-order valence-corrected chi connectivity index (χ4v) is 1.56. The van der Waals surface area contributed by atoms with E-state index in [-0.39, 0.29) is 10.6 Å². The zero-order chi connectivity index (χ0) is 10.1. The quantitative estimate of drug-likeness (QED) is 0.656. The van der Waals surface area contributed by atoms with E-state index >= 15 is 0 Å². The molecule has 0 heterocycles. The number of nitrogen functional groups attached to an aromatic ring is 1. The standard InChI is InChI=1S/C7H10N2O3S/c1-12-5-2-3-7(6(8)4-5)13(9,10)11/h2-4H,8H2,1H3,(H2,9,10,11). The molecule has 0 aliphatic heterocycles. The Bertz CT molecular complexity index is 414. The highest BCUT2D eigenvalue weighted by molar-refractivity contribution is 7.89. The lowest BCUT2D eigenvalue weighted by molar-refractivity contribution is 0.414. The van der Waals surface area contributed by atoms with Crippen molar-refractivity contribution in [3.63, 3.8) is 0 Å². The maximum absolute atomic E-state index is 10.9. The number of benzene rings is 1. The second-order valence-corrected chi connectivity index (χ2v) is 3.98. The SMILES string of the molecule is COc1ccc(S(N)(=O)=O)c(N)c1. The van der Waals surface area contributed by atoms with Crippen LogP contribution in [0.5, 0.6) is 5.75 Å². The molecule has 0 amide bonds. The smallest absolute Gasteiger partial charge is 0.240 e. The van der Waals surface area contributed by atoms with Crippen LogP contribution in [-0.2, 0) is 10.0 Å². The maximum Gasteiger partial charge on any atom is 0.240 e. The van der Waals surface area contributed by atoms with Crippen molar-refractivity contribution in [1.82, 2.24) is 0 Å². The third kappa shape index (κ3) is 2.10. The van der Waals surface area contributed by atoms with Gasteiger partial charge >= 0.3 is 0 Å². The number of anilines is 1. The van der Waals surface area contributed by atoms with Gasteiger partial charge in [-0.25, -0.2) is 13.6 Å². The lowest BCUT2D eigenvalue weighted by atomic mass is 10.3. The van der Waals surface area contributed by atoms with Gasteiger partial charge in [0.1, 0.15) is 10.6 Å². The number of rotatable bonds is 2. The Balaban J connectivity index is 3.29. The molecule has 0 aromatic heterocycles. The number of sulfonamides is 1. The second kappa shape index (κ2) is 3.23. The Morgan fingerprint density at radius 3 is 2.38 bits per heavy atom. The fraction of sp³-hybridized carbons (Fsp3) is 0.143. The van der Waals surface area contributed by atoms with Crippen molar-refractivity contribution < 1.29 is 13.2 Å². The van der Waals surface area contributed by atoms with Crippen LogP contribution in [0.3, 0.4) is 0 Å². The minimum Gasteiger partial charge on any atom is -0.497 e. The molecule has 0 unspecified atom stereocenters. The first-order valence-electron chi connectivity index (χ1n) is 3.41. The second-order valence-electron chi connectivity index (χ2n) is 2.45. The van der Waals surface area contributed by atoms with E-state index in [2.05, 4.69) is 0 Å². The predicted molar refractivity (Wildman–Crippen MR) is 48.8 cm³/mol. The summed E-state index contributed by atoms with van der Waals surface area (Å²) < 4.78 is 26.7. The lowest BCUT2D eigenvalue weighted by Crippen LogP contribution is -2.14. The number of hydrogen-bond acceptors (Lipinski definition) is 4. The number of nitrogens with two attached hydrogens (primary N) is 2. The van der Waals surface area contributed by atoms with Crippen LogP contribution in [0.4, 0.5) is 5.69 Å². The van der Waals surface area contributed by atoms with E-state index in [0.29, 0.717) is 5.75 Å². The van der Waals surface area contributed by atoms with E-state index in [4.69, 9.17) is 15.6 Å². The molecule has 0 saturated heterocycles. The largest absolute Gasteiger partial charge is 0.497 e. The summed E-state index contributed by atoms with van der Waals surface area (Å²) in [5, 5.41) is 4.90. The van der Waals surface area contributed by atoms with Gasteiger partial charge in [0.25, 0.3) is 0 Å². The van der Waals surface area contributed by atoms with Crippen LogP contribution in [0.15, 0.2) is 23.1 Å². The molecule has 4 N–H and O–H groups in total. The zero-order valence-corrected chi connectivity index (χ0v) is 7.84. The van der Waals surface area contributed by atoms with Gasteiger partial charge in [0.05, 0.1) is 12.8 Å². The summed E-state index contributed by atoms with van der Waals surface area (Å²) in [6.45, 7) is 0. The van der Waals surface area contributed by atoms with Crippen LogP contribution >= 0.6 is 0 Å². The normalized spacial score (nSPS) is 11.2. The summed E-state index contributed by atoms with van der Waals surface area (Å²) in [5.74, 6) is 0.491. The number of ether oxygens (including phenoxy) is 1. The maximum atomic E-state index is 10.9. The topological polar surface area (TPSA) is 95.4 Å². The van der Waals surface area contributed by atoms with Crippen molar-refractivity contribution in [2.24, 2.45) is 5.14 Å². The lowest BCUT2D eigenvalue weighted by Gasteiger charge is -2.04. The summed E-state index contributed by atoms with van der Waals surface area (Å²) >= 11 is 0. The van der Waals surface area contributed by atoms with E-state index in [9.17, 15) is 8.42 Å². The third-order valence-corrected chi connectivity index (χ3v) is 2.51. The molecule has 6 heteroatoms. The summed E-state index contributed by atoms with van der Waals surface area (Å²) in [6.07, 6.45) is 0. The van der Waals surface area contributed by atoms with Crippen molar-refractivity contribution in [1.29, 1.82) is 0 Å². The molecule has 0 aliphatic rings. The third-order valence-electron chi connectivity index (χ3n) is 1.52. The van der Waals surface area contributed by atoms with Gasteiger partial charge in [0.2, 0.25) is 10.0 Å². The molecule has 0 spiro atoms. The molecule has 0 aliphatic carbocycles. The molecule has 5 nitrogen and oxygen atoms in total. The zero-order valence-electron chi connectivity index (χ0n) is 7.02. The van der Waals surface area contributed by atoms with Gasteiger partial charge in [-0.05, 0) is 12.1 Å². The Morgan fingerprint density at radius 2 is 2.00 bits per heavy atom. The van der Waals surface area contributed by atoms with E-state index in [1.165, 1.54) is 25.3 Å². The average Bonchev–Trinajstić information content (AvgIpc) is 2.01. The summed E-state index contributed by atoms with van der Waals surface area (Å²) in [7, 11) is -2.28. The average molecular weight is 202 g/mol. The Labute approximate surface area is 76.4 Å². The van der Waals surface area contributed by atoms with Gasteiger partial charge in [0.15, 0.2) is 0 Å². The molecule has 0 bridgehead atoms. The van der Waals surface area contributed by atoms with E-state index in [0.717, 1.165) is 0 Å². The van der Waals surface area contributed by atoms with Gasteiger partial charge < -0.3 is 10.5 Å². The van der Waals surface area contributed by atoms with Crippen molar-refractivity contribution in [3.05, 3.63) is 18.2 Å². The molecule has 72 valence electrons. The van der Waals surface area contributed by atoms with Gasteiger partial charge in [0, 0.05) is 6.07 Å². The van der Waals surface area contributed by atoms with Crippen molar-refractivity contribution in [3.8, 4) is 5.75 Å². The summed E-state index contributed by atoms with van der Waals surface area (Å²) in [4.78, 5) is -0.0895. The minimum absolute atomic E-state index is 0.0850. The molecule has 1 aromatic carbocycles. The molecular formula is C7H10N2O3S. The van der Waals surface area contributed by atoms with Crippen LogP contribution < -0.4 is 15.6 Å². The molecule has 0 atom stereocenters. The number of hydrogen-bond donors (Lipinski definition) is 2. The van der Waals surface area contributed by atoms with Crippen molar-refractivity contribution in [2.45, 2.75) is 4.90 Å². The molecule has 0 saturated carbocycles. The minimum atomic E-state index is -3.74. The van der Waals surface area contributed by atoms with Gasteiger partial charge in [-0.15, -0.1) is 0 Å². The van der Waals surface area contributed by atoms with Crippen LogP contribution in [0, 0.1) is 0 Å². The van der Waals surface area contributed by atoms with Gasteiger partial charge in [-0.2, -0.15) is 0 Å². The molecular weight excluding hydrogens is 192 g/mol. The molecule has 1 rings (SSSR count). The number of methoxy groups -OCH3 is 1. The van der Waals surface area contributed by atoms with E-state index < -0.39 is 10.0 Å². The van der Waals surface area contributed by atoms with Crippen LogP contribution in [-0.4, -0.2) is 15.5 Å². The highest BCUT2D eigenvalue weighted by Crippen LogP contribution is 2.22. The van der Waals surface area contributed by atoms with Crippen LogP contribution in [0.1, 0.15) is 0 Å². The Morgan fingerprint density at radius 1 is 1.38 bits per heavy atom. The van der Waals surface area contributed by atoms with Crippen LogP contribution in [0.25, 0.3) is 0 Å². The first-order chi connectivity index (χ1) is 5.95. The Hall–Kier alpha value is -1.27.